The van der Waals surface area contributed by atoms with Gasteiger partial charge >= 0.3 is 0 Å². The zero-order valence-electron chi connectivity index (χ0n) is 12.0. The van der Waals surface area contributed by atoms with Gasteiger partial charge in [-0.1, -0.05) is 38.4 Å². The van der Waals surface area contributed by atoms with Crippen LogP contribution in [0.25, 0.3) is 0 Å². The van der Waals surface area contributed by atoms with E-state index >= 15 is 0 Å². The molecule has 0 amide bonds. The van der Waals surface area contributed by atoms with E-state index in [1.165, 1.54) is 11.3 Å². The van der Waals surface area contributed by atoms with Crippen molar-refractivity contribution >= 4 is 17.3 Å². The monoisotopic (exact) mass is 268 g/mol. The van der Waals surface area contributed by atoms with Crippen molar-refractivity contribution in [2.24, 2.45) is 0 Å². The van der Waals surface area contributed by atoms with Gasteiger partial charge in [-0.15, -0.1) is 0 Å². The Morgan fingerprint density at radius 3 is 2.44 bits per heavy atom. The minimum atomic E-state index is 0.573. The van der Waals surface area contributed by atoms with Gasteiger partial charge in [-0.05, 0) is 37.1 Å². The molecular weight excluding hydrogens is 244 g/mol. The predicted molar refractivity (Wildman–Crippen MR) is 81.6 cm³/mol. The zero-order chi connectivity index (χ0) is 13.5. The summed E-state index contributed by atoms with van der Waals surface area (Å²) >= 11 is 6.14. The molecule has 1 aromatic rings. The average molecular weight is 269 g/mol. The summed E-state index contributed by atoms with van der Waals surface area (Å²) in [5, 5.41) is 4.19. The second kappa shape index (κ2) is 7.65. The van der Waals surface area contributed by atoms with Crippen molar-refractivity contribution in [2.45, 2.75) is 46.2 Å². The van der Waals surface area contributed by atoms with Crippen LogP contribution in [0.3, 0.4) is 0 Å². The molecule has 0 saturated carbocycles. The van der Waals surface area contributed by atoms with Gasteiger partial charge in [-0.3, -0.25) is 0 Å². The number of rotatable bonds is 7. The molecule has 1 aromatic carbocycles. The minimum Gasteiger partial charge on any atom is -0.371 e. The molecule has 0 aromatic heterocycles. The van der Waals surface area contributed by atoms with E-state index in [0.29, 0.717) is 6.04 Å². The van der Waals surface area contributed by atoms with Crippen LogP contribution in [-0.2, 0) is 6.54 Å². The number of hydrogen-bond donors (Lipinski definition) is 1. The van der Waals surface area contributed by atoms with E-state index in [4.69, 9.17) is 11.6 Å². The molecule has 3 heteroatoms. The first-order chi connectivity index (χ1) is 8.63. The van der Waals surface area contributed by atoms with E-state index in [2.05, 4.69) is 50.2 Å². The molecule has 0 aliphatic heterocycles. The molecular formula is C15H25ClN2. The number of hydrogen-bond acceptors (Lipinski definition) is 2. The Morgan fingerprint density at radius 1 is 1.22 bits per heavy atom. The number of nitrogens with zero attached hydrogens (tertiary/aromatic N) is 1. The molecule has 0 aliphatic rings. The summed E-state index contributed by atoms with van der Waals surface area (Å²) < 4.78 is 0. The molecule has 0 heterocycles. The first kappa shape index (κ1) is 15.3. The van der Waals surface area contributed by atoms with Crippen molar-refractivity contribution in [2.75, 3.05) is 18.5 Å². The Balaban J connectivity index is 2.99. The highest BCUT2D eigenvalue weighted by atomic mass is 35.5. The first-order valence-corrected chi connectivity index (χ1v) is 7.23. The van der Waals surface area contributed by atoms with Gasteiger partial charge in [0.1, 0.15) is 0 Å². The fourth-order valence-electron chi connectivity index (χ4n) is 2.31. The molecule has 0 aliphatic carbocycles. The zero-order valence-corrected chi connectivity index (χ0v) is 12.7. The van der Waals surface area contributed by atoms with Crippen LogP contribution in [0.5, 0.6) is 0 Å². The Bertz CT molecular complexity index is 362. The summed E-state index contributed by atoms with van der Waals surface area (Å²) in [5.41, 5.74) is 2.56. The topological polar surface area (TPSA) is 15.3 Å². The van der Waals surface area contributed by atoms with Crippen LogP contribution in [0, 0.1) is 0 Å². The van der Waals surface area contributed by atoms with Gasteiger partial charge in [0, 0.05) is 30.3 Å². The maximum atomic E-state index is 6.14. The second-order valence-corrected chi connectivity index (χ2v) is 5.07. The standard InChI is InChI=1S/C15H25ClN2/c1-5-14(6-2)18(4)15-10-13(16)9-8-12(15)11-17-7-3/h8-10,14,17H,5-7,11H2,1-4H3. The second-order valence-electron chi connectivity index (χ2n) is 4.63. The molecule has 0 bridgehead atoms. The quantitative estimate of drug-likeness (QED) is 0.802. The fourth-order valence-corrected chi connectivity index (χ4v) is 2.47. The van der Waals surface area contributed by atoms with Gasteiger partial charge in [0.05, 0.1) is 0 Å². The van der Waals surface area contributed by atoms with Gasteiger partial charge in [-0.25, -0.2) is 0 Å². The van der Waals surface area contributed by atoms with E-state index in [-0.39, 0.29) is 0 Å². The molecule has 1 N–H and O–H groups in total. The first-order valence-electron chi connectivity index (χ1n) is 6.85. The van der Waals surface area contributed by atoms with Crippen LogP contribution < -0.4 is 10.2 Å². The lowest BCUT2D eigenvalue weighted by Gasteiger charge is -2.30. The summed E-state index contributed by atoms with van der Waals surface area (Å²) in [7, 11) is 2.17. The maximum absolute atomic E-state index is 6.14. The molecule has 0 saturated heterocycles. The summed E-state index contributed by atoms with van der Waals surface area (Å²) in [5.74, 6) is 0. The number of halogens is 1. The van der Waals surface area contributed by atoms with E-state index in [0.717, 1.165) is 31.0 Å². The molecule has 0 spiro atoms. The van der Waals surface area contributed by atoms with Gasteiger partial charge in [0.2, 0.25) is 0 Å². The predicted octanol–water partition coefficient (Wildman–Crippen LogP) is 4.07. The van der Waals surface area contributed by atoms with Crippen LogP contribution in [0.2, 0.25) is 5.02 Å². The normalized spacial score (nSPS) is 11.0. The highest BCUT2D eigenvalue weighted by Gasteiger charge is 2.14. The molecule has 0 fully saturated rings. The third-order valence-electron chi connectivity index (χ3n) is 3.48. The molecule has 102 valence electrons. The molecule has 0 radical (unpaired) electrons. The molecule has 18 heavy (non-hydrogen) atoms. The summed E-state index contributed by atoms with van der Waals surface area (Å²) in [6.45, 7) is 8.48. The average Bonchev–Trinajstić information content (AvgIpc) is 2.38. The van der Waals surface area contributed by atoms with Crippen molar-refractivity contribution in [1.82, 2.24) is 5.32 Å². The van der Waals surface area contributed by atoms with E-state index in [9.17, 15) is 0 Å². The van der Waals surface area contributed by atoms with Crippen molar-refractivity contribution in [3.8, 4) is 0 Å². The Labute approximate surface area is 116 Å². The smallest absolute Gasteiger partial charge is 0.0426 e. The van der Waals surface area contributed by atoms with E-state index in [1.807, 2.05) is 6.07 Å². The third-order valence-corrected chi connectivity index (χ3v) is 3.72. The summed E-state index contributed by atoms with van der Waals surface area (Å²) in [6, 6.07) is 6.74. The molecule has 2 nitrogen and oxygen atoms in total. The van der Waals surface area contributed by atoms with E-state index < -0.39 is 0 Å². The fraction of sp³-hybridized carbons (Fsp3) is 0.600. The van der Waals surface area contributed by atoms with Gasteiger partial charge in [0.25, 0.3) is 0 Å². The lowest BCUT2D eigenvalue weighted by molar-refractivity contribution is 0.588. The lowest BCUT2D eigenvalue weighted by Crippen LogP contribution is -2.31. The van der Waals surface area contributed by atoms with Gasteiger partial charge < -0.3 is 10.2 Å². The Kier molecular flexibility index (Phi) is 6.51. The van der Waals surface area contributed by atoms with Crippen molar-refractivity contribution in [3.63, 3.8) is 0 Å². The van der Waals surface area contributed by atoms with Crippen LogP contribution >= 0.6 is 11.6 Å². The highest BCUT2D eigenvalue weighted by molar-refractivity contribution is 6.30. The Morgan fingerprint density at radius 2 is 1.89 bits per heavy atom. The van der Waals surface area contributed by atoms with Crippen LogP contribution in [0.4, 0.5) is 5.69 Å². The maximum Gasteiger partial charge on any atom is 0.0426 e. The van der Waals surface area contributed by atoms with Crippen LogP contribution in [0.1, 0.15) is 39.2 Å². The van der Waals surface area contributed by atoms with Crippen molar-refractivity contribution < 1.29 is 0 Å². The van der Waals surface area contributed by atoms with Crippen molar-refractivity contribution in [1.29, 1.82) is 0 Å². The summed E-state index contributed by atoms with van der Waals surface area (Å²) in [4.78, 5) is 2.36. The molecule has 0 unspecified atom stereocenters. The largest absolute Gasteiger partial charge is 0.371 e. The Hall–Kier alpha value is -0.730. The highest BCUT2D eigenvalue weighted by Crippen LogP contribution is 2.27. The number of nitrogens with one attached hydrogen (secondary N) is 1. The summed E-state index contributed by atoms with van der Waals surface area (Å²) in [6.07, 6.45) is 2.31. The van der Waals surface area contributed by atoms with E-state index in [1.54, 1.807) is 0 Å². The number of anilines is 1. The van der Waals surface area contributed by atoms with Crippen LogP contribution in [-0.4, -0.2) is 19.6 Å². The van der Waals surface area contributed by atoms with Gasteiger partial charge in [0.15, 0.2) is 0 Å². The molecule has 1 rings (SSSR count). The number of benzene rings is 1. The van der Waals surface area contributed by atoms with Crippen molar-refractivity contribution in [3.05, 3.63) is 28.8 Å². The third kappa shape index (κ3) is 3.89. The van der Waals surface area contributed by atoms with Crippen LogP contribution in [0.15, 0.2) is 18.2 Å². The molecule has 0 atom stereocenters. The minimum absolute atomic E-state index is 0.573. The van der Waals surface area contributed by atoms with Gasteiger partial charge in [-0.2, -0.15) is 0 Å². The SMILES string of the molecule is CCNCc1ccc(Cl)cc1N(C)C(CC)CC. The lowest BCUT2D eigenvalue weighted by atomic mass is 10.1.